The molecule has 1 rings (SSSR count). The molecular formula is C16H24O10. The van der Waals surface area contributed by atoms with Gasteiger partial charge in [-0.1, -0.05) is 0 Å². The van der Waals surface area contributed by atoms with Crippen LogP contribution in [0.15, 0.2) is 0 Å². The van der Waals surface area contributed by atoms with Gasteiger partial charge in [-0.3, -0.25) is 19.2 Å². The van der Waals surface area contributed by atoms with E-state index >= 15 is 0 Å². The Balaban J connectivity index is 3.22. The highest BCUT2D eigenvalue weighted by Crippen LogP contribution is 2.29. The normalized spacial score (nSPS) is 28.0. The quantitative estimate of drug-likeness (QED) is 0.446. The summed E-state index contributed by atoms with van der Waals surface area (Å²) in [6, 6.07) is 0. The van der Waals surface area contributed by atoms with E-state index in [1.54, 1.807) is 6.92 Å². The summed E-state index contributed by atoms with van der Waals surface area (Å²) in [4.78, 5) is 45.6. The lowest BCUT2D eigenvalue weighted by atomic mass is 9.98. The Morgan fingerprint density at radius 2 is 1.27 bits per heavy atom. The van der Waals surface area contributed by atoms with Gasteiger partial charge in [-0.25, -0.2) is 0 Å². The fourth-order valence-electron chi connectivity index (χ4n) is 2.49. The summed E-state index contributed by atoms with van der Waals surface area (Å²) < 4.78 is 31.7. The van der Waals surface area contributed by atoms with Crippen molar-refractivity contribution in [1.29, 1.82) is 0 Å². The smallest absolute Gasteiger partial charge is 0.303 e. The van der Waals surface area contributed by atoms with Gasteiger partial charge in [0.15, 0.2) is 24.6 Å². The lowest BCUT2D eigenvalue weighted by Crippen LogP contribution is -2.62. The zero-order chi connectivity index (χ0) is 19.9. The Labute approximate surface area is 151 Å². The third-order valence-electron chi connectivity index (χ3n) is 3.28. The highest BCUT2D eigenvalue weighted by Gasteiger charge is 2.52. The molecule has 0 unspecified atom stereocenters. The summed E-state index contributed by atoms with van der Waals surface area (Å²) >= 11 is 0. The van der Waals surface area contributed by atoms with Gasteiger partial charge in [0.2, 0.25) is 0 Å². The van der Waals surface area contributed by atoms with Crippen molar-refractivity contribution in [2.75, 3.05) is 13.2 Å². The minimum absolute atomic E-state index is 0.202. The van der Waals surface area contributed by atoms with Gasteiger partial charge < -0.3 is 28.4 Å². The van der Waals surface area contributed by atoms with Crippen LogP contribution < -0.4 is 0 Å². The Bertz CT molecular complexity index is 531. The lowest BCUT2D eigenvalue weighted by molar-refractivity contribution is -0.307. The molecular weight excluding hydrogens is 352 g/mol. The van der Waals surface area contributed by atoms with Crippen molar-refractivity contribution in [1.82, 2.24) is 0 Å². The van der Waals surface area contributed by atoms with Gasteiger partial charge in [-0.05, 0) is 6.92 Å². The summed E-state index contributed by atoms with van der Waals surface area (Å²) in [6.07, 6.45) is -5.65. The largest absolute Gasteiger partial charge is 0.463 e. The second-order valence-electron chi connectivity index (χ2n) is 5.52. The molecule has 0 aromatic heterocycles. The van der Waals surface area contributed by atoms with Crippen molar-refractivity contribution in [2.24, 2.45) is 0 Å². The average Bonchev–Trinajstić information content (AvgIpc) is 2.50. The van der Waals surface area contributed by atoms with E-state index < -0.39 is 54.6 Å². The van der Waals surface area contributed by atoms with Crippen LogP contribution in [0.4, 0.5) is 0 Å². The Morgan fingerprint density at radius 1 is 0.769 bits per heavy atom. The van der Waals surface area contributed by atoms with E-state index in [-0.39, 0.29) is 13.2 Å². The van der Waals surface area contributed by atoms with Crippen LogP contribution in [0.3, 0.4) is 0 Å². The SMILES string of the molecule is CCO[C@@H]1O[C@H](COC(C)=O)[C@@H](OC(C)=O)[C@H](OC(C)=O)[C@@H]1OC(C)=O. The predicted octanol–water partition coefficient (Wildman–Crippen LogP) is 0.106. The third-order valence-corrected chi connectivity index (χ3v) is 3.28. The lowest BCUT2D eigenvalue weighted by Gasteiger charge is -2.43. The van der Waals surface area contributed by atoms with Crippen LogP contribution in [0, 0.1) is 0 Å². The van der Waals surface area contributed by atoms with E-state index in [2.05, 4.69) is 0 Å². The average molecular weight is 376 g/mol. The maximum atomic E-state index is 11.5. The predicted molar refractivity (Wildman–Crippen MR) is 83.6 cm³/mol. The number of carbonyl (C=O) groups is 4. The van der Waals surface area contributed by atoms with Crippen molar-refractivity contribution in [3.63, 3.8) is 0 Å². The van der Waals surface area contributed by atoms with Gasteiger partial charge in [-0.15, -0.1) is 0 Å². The first-order valence-corrected chi connectivity index (χ1v) is 8.07. The number of rotatable bonds is 7. The Hall–Kier alpha value is -2.20. The molecule has 10 heteroatoms. The molecule has 5 atom stereocenters. The summed E-state index contributed by atoms with van der Waals surface area (Å²) in [6.45, 7) is 6.29. The van der Waals surface area contributed by atoms with Crippen LogP contribution in [0.25, 0.3) is 0 Å². The minimum atomic E-state index is -1.20. The molecule has 148 valence electrons. The van der Waals surface area contributed by atoms with E-state index in [0.717, 1.165) is 13.8 Å². The second kappa shape index (κ2) is 10.1. The van der Waals surface area contributed by atoms with Gasteiger partial charge in [0.25, 0.3) is 0 Å². The van der Waals surface area contributed by atoms with Gasteiger partial charge in [-0.2, -0.15) is 0 Å². The molecule has 26 heavy (non-hydrogen) atoms. The molecule has 0 aromatic carbocycles. The molecule has 1 fully saturated rings. The van der Waals surface area contributed by atoms with E-state index in [1.807, 2.05) is 0 Å². The third kappa shape index (κ3) is 6.60. The number of carbonyl (C=O) groups excluding carboxylic acids is 4. The van der Waals surface area contributed by atoms with Crippen LogP contribution in [0.1, 0.15) is 34.6 Å². The van der Waals surface area contributed by atoms with Crippen molar-refractivity contribution >= 4 is 23.9 Å². The minimum Gasteiger partial charge on any atom is -0.463 e. The molecule has 0 saturated carbocycles. The number of esters is 4. The second-order valence-corrected chi connectivity index (χ2v) is 5.52. The van der Waals surface area contributed by atoms with E-state index in [9.17, 15) is 19.2 Å². The zero-order valence-electron chi connectivity index (χ0n) is 15.4. The van der Waals surface area contributed by atoms with Gasteiger partial charge in [0.1, 0.15) is 12.7 Å². The molecule has 0 N–H and O–H groups in total. The molecule has 0 aromatic rings. The van der Waals surface area contributed by atoms with Crippen LogP contribution >= 0.6 is 0 Å². The van der Waals surface area contributed by atoms with Gasteiger partial charge in [0.05, 0.1) is 0 Å². The molecule has 1 aliphatic heterocycles. The van der Waals surface area contributed by atoms with Gasteiger partial charge >= 0.3 is 23.9 Å². The Kier molecular flexibility index (Phi) is 8.46. The molecule has 10 nitrogen and oxygen atoms in total. The molecule has 0 bridgehead atoms. The molecule has 1 aliphatic rings. The molecule has 0 aliphatic carbocycles. The zero-order valence-corrected chi connectivity index (χ0v) is 15.4. The van der Waals surface area contributed by atoms with Crippen LogP contribution in [-0.4, -0.2) is 67.8 Å². The first kappa shape index (κ1) is 21.8. The number of ether oxygens (including phenoxy) is 6. The fourth-order valence-corrected chi connectivity index (χ4v) is 2.49. The standard InChI is InChI=1S/C16H24O10/c1-6-21-16-15(25-11(5)20)14(24-10(4)19)13(23-9(3)18)12(26-16)7-22-8(2)17/h12-16H,6-7H2,1-5H3/t12-,13-,14+,15+,16-/m1/s1. The summed E-state index contributed by atoms with van der Waals surface area (Å²) in [5, 5.41) is 0. The molecule has 1 saturated heterocycles. The monoisotopic (exact) mass is 376 g/mol. The maximum Gasteiger partial charge on any atom is 0.303 e. The molecule has 0 spiro atoms. The summed E-state index contributed by atoms with van der Waals surface area (Å²) in [5.41, 5.74) is 0. The summed E-state index contributed by atoms with van der Waals surface area (Å²) in [5.74, 6) is -2.61. The maximum absolute atomic E-state index is 11.5. The fraction of sp³-hybridized carbons (Fsp3) is 0.750. The highest BCUT2D eigenvalue weighted by atomic mass is 16.7. The van der Waals surface area contributed by atoms with Crippen molar-refractivity contribution < 1.29 is 47.6 Å². The van der Waals surface area contributed by atoms with Crippen LogP contribution in [0.5, 0.6) is 0 Å². The first-order valence-electron chi connectivity index (χ1n) is 8.07. The van der Waals surface area contributed by atoms with E-state index in [1.165, 1.54) is 13.8 Å². The van der Waals surface area contributed by atoms with E-state index in [0.29, 0.717) is 0 Å². The molecule has 0 amide bonds. The van der Waals surface area contributed by atoms with Crippen LogP contribution in [0.2, 0.25) is 0 Å². The summed E-state index contributed by atoms with van der Waals surface area (Å²) in [7, 11) is 0. The van der Waals surface area contributed by atoms with Crippen molar-refractivity contribution in [3.05, 3.63) is 0 Å². The number of hydrogen-bond acceptors (Lipinski definition) is 10. The van der Waals surface area contributed by atoms with Crippen molar-refractivity contribution in [3.8, 4) is 0 Å². The molecule has 0 radical (unpaired) electrons. The highest BCUT2D eigenvalue weighted by molar-refractivity contribution is 5.68. The first-order chi connectivity index (χ1) is 12.1. The Morgan fingerprint density at radius 3 is 1.73 bits per heavy atom. The van der Waals surface area contributed by atoms with Crippen LogP contribution in [-0.2, 0) is 47.6 Å². The topological polar surface area (TPSA) is 124 Å². The van der Waals surface area contributed by atoms with Gasteiger partial charge in [0, 0.05) is 34.3 Å². The molecule has 1 heterocycles. The number of hydrogen-bond donors (Lipinski definition) is 0. The van der Waals surface area contributed by atoms with Crippen molar-refractivity contribution in [2.45, 2.75) is 65.3 Å². The van der Waals surface area contributed by atoms with E-state index in [4.69, 9.17) is 28.4 Å².